The maximum absolute atomic E-state index is 11.9. The molecule has 0 fully saturated rings. The van der Waals surface area contributed by atoms with Crippen LogP contribution in [0.5, 0.6) is 0 Å². The number of nitrogens with zero attached hydrogens (tertiary/aromatic N) is 2. The number of ketones is 1. The molecule has 0 saturated carbocycles. The first-order chi connectivity index (χ1) is 8.27. The van der Waals surface area contributed by atoms with Gasteiger partial charge in [-0.2, -0.15) is 0 Å². The van der Waals surface area contributed by atoms with E-state index in [4.69, 9.17) is 11.6 Å². The van der Waals surface area contributed by atoms with Crippen molar-refractivity contribution >= 4 is 17.4 Å². The first kappa shape index (κ1) is 11.7. The van der Waals surface area contributed by atoms with Gasteiger partial charge >= 0.3 is 0 Å². The zero-order valence-corrected chi connectivity index (χ0v) is 9.84. The van der Waals surface area contributed by atoms with E-state index in [0.717, 1.165) is 5.69 Å². The van der Waals surface area contributed by atoms with Crippen molar-refractivity contribution in [3.63, 3.8) is 0 Å². The molecule has 2 aromatic rings. The fourth-order valence-corrected chi connectivity index (χ4v) is 1.73. The Kier molecular flexibility index (Phi) is 3.83. The molecular weight excluding hydrogens is 236 g/mol. The number of hydrogen-bond donors (Lipinski definition) is 0. The Bertz CT molecular complexity index is 487. The van der Waals surface area contributed by atoms with E-state index in [1.54, 1.807) is 30.6 Å². The van der Waals surface area contributed by atoms with Crippen molar-refractivity contribution in [3.8, 4) is 0 Å². The van der Waals surface area contributed by atoms with Crippen LogP contribution in [0.25, 0.3) is 0 Å². The maximum atomic E-state index is 11.9. The van der Waals surface area contributed by atoms with Crippen molar-refractivity contribution in [3.05, 3.63) is 60.2 Å². The molecule has 2 aromatic heterocycles. The van der Waals surface area contributed by atoms with Crippen LogP contribution >= 0.6 is 11.6 Å². The van der Waals surface area contributed by atoms with Crippen molar-refractivity contribution in [2.75, 3.05) is 0 Å². The lowest BCUT2D eigenvalue weighted by atomic mass is 10.1. The van der Waals surface area contributed by atoms with Crippen LogP contribution in [-0.4, -0.2) is 21.1 Å². The molecule has 86 valence electrons. The number of rotatable bonds is 4. The Balaban J connectivity index is 2.06. The van der Waals surface area contributed by atoms with Gasteiger partial charge in [-0.25, -0.2) is 0 Å². The Morgan fingerprint density at radius 3 is 2.41 bits per heavy atom. The highest BCUT2D eigenvalue weighted by atomic mass is 35.5. The second-order valence-corrected chi connectivity index (χ2v) is 4.10. The number of Topliss-reactive ketones (excluding diaryl/α,β-unsaturated/α-hetero) is 1. The van der Waals surface area contributed by atoms with Gasteiger partial charge in [-0.15, -0.1) is 11.6 Å². The Morgan fingerprint density at radius 1 is 1.12 bits per heavy atom. The molecule has 2 rings (SSSR count). The lowest BCUT2D eigenvalue weighted by Crippen LogP contribution is -2.19. The smallest absolute Gasteiger partial charge is 0.199 e. The molecule has 0 N–H and O–H groups in total. The van der Waals surface area contributed by atoms with Crippen LogP contribution in [-0.2, 0) is 6.42 Å². The number of halogens is 1. The molecule has 1 atom stereocenters. The van der Waals surface area contributed by atoms with Gasteiger partial charge in [0.15, 0.2) is 5.78 Å². The predicted octanol–water partition coefficient (Wildman–Crippen LogP) is 2.51. The van der Waals surface area contributed by atoms with E-state index in [0.29, 0.717) is 12.1 Å². The van der Waals surface area contributed by atoms with Gasteiger partial charge < -0.3 is 0 Å². The van der Waals surface area contributed by atoms with Gasteiger partial charge in [0.25, 0.3) is 0 Å². The third-order valence-corrected chi connectivity index (χ3v) is 2.67. The number of alkyl halides is 1. The maximum Gasteiger partial charge on any atom is 0.199 e. The van der Waals surface area contributed by atoms with E-state index in [1.165, 1.54) is 0 Å². The minimum absolute atomic E-state index is 0.169. The Hall–Kier alpha value is -1.74. The normalized spacial score (nSPS) is 12.1. The van der Waals surface area contributed by atoms with Crippen molar-refractivity contribution in [2.45, 2.75) is 11.8 Å². The molecule has 17 heavy (non-hydrogen) atoms. The largest absolute Gasteiger partial charge is 0.291 e. The first-order valence-electron chi connectivity index (χ1n) is 5.26. The van der Waals surface area contributed by atoms with Crippen molar-refractivity contribution in [2.24, 2.45) is 0 Å². The minimum Gasteiger partial charge on any atom is -0.291 e. The van der Waals surface area contributed by atoms with Gasteiger partial charge in [-0.3, -0.25) is 14.8 Å². The standard InChI is InChI=1S/C13H11ClN2O/c14-11(9-10-5-1-3-7-15-10)13(17)12-6-2-4-8-16-12/h1-8,11H,9H2. The van der Waals surface area contributed by atoms with Crippen molar-refractivity contribution in [1.29, 1.82) is 0 Å². The van der Waals surface area contributed by atoms with Gasteiger partial charge in [0.1, 0.15) is 11.1 Å². The summed E-state index contributed by atoms with van der Waals surface area (Å²) < 4.78 is 0. The summed E-state index contributed by atoms with van der Waals surface area (Å²) >= 11 is 6.07. The summed E-state index contributed by atoms with van der Waals surface area (Å²) in [6.07, 6.45) is 3.68. The Labute approximate surface area is 104 Å². The van der Waals surface area contributed by atoms with Gasteiger partial charge in [0.05, 0.1) is 0 Å². The van der Waals surface area contributed by atoms with Gasteiger partial charge in [0, 0.05) is 24.5 Å². The first-order valence-corrected chi connectivity index (χ1v) is 5.70. The third kappa shape index (κ3) is 3.11. The predicted molar refractivity (Wildman–Crippen MR) is 66.1 cm³/mol. The molecule has 0 aliphatic rings. The average Bonchev–Trinajstić information content (AvgIpc) is 2.40. The van der Waals surface area contributed by atoms with E-state index in [1.807, 2.05) is 18.2 Å². The topological polar surface area (TPSA) is 42.9 Å². The molecule has 3 nitrogen and oxygen atoms in total. The molecule has 2 heterocycles. The third-order valence-electron chi connectivity index (χ3n) is 2.32. The summed E-state index contributed by atoms with van der Waals surface area (Å²) in [5.74, 6) is -0.169. The van der Waals surface area contributed by atoms with Crippen LogP contribution in [0.3, 0.4) is 0 Å². The molecule has 0 radical (unpaired) electrons. The molecule has 0 bridgehead atoms. The van der Waals surface area contributed by atoms with Crippen LogP contribution < -0.4 is 0 Å². The van der Waals surface area contributed by atoms with Crippen LogP contribution in [0.15, 0.2) is 48.8 Å². The molecule has 0 saturated heterocycles. The summed E-state index contributed by atoms with van der Waals surface area (Å²) in [5.41, 5.74) is 1.19. The molecule has 4 heteroatoms. The molecule has 1 unspecified atom stereocenters. The second kappa shape index (κ2) is 5.55. The highest BCUT2D eigenvalue weighted by Gasteiger charge is 2.19. The number of aromatic nitrogens is 2. The van der Waals surface area contributed by atoms with Crippen LogP contribution in [0.4, 0.5) is 0 Å². The molecule has 0 spiro atoms. The Morgan fingerprint density at radius 2 is 1.82 bits per heavy atom. The fourth-order valence-electron chi connectivity index (χ4n) is 1.46. The molecule has 0 amide bonds. The quantitative estimate of drug-likeness (QED) is 0.615. The van der Waals surface area contributed by atoms with E-state index in [-0.39, 0.29) is 5.78 Å². The van der Waals surface area contributed by atoms with Crippen LogP contribution in [0.1, 0.15) is 16.2 Å². The summed E-state index contributed by atoms with van der Waals surface area (Å²) in [4.78, 5) is 20.1. The summed E-state index contributed by atoms with van der Waals surface area (Å²) in [7, 11) is 0. The summed E-state index contributed by atoms with van der Waals surface area (Å²) in [6, 6.07) is 10.7. The minimum atomic E-state index is -0.625. The van der Waals surface area contributed by atoms with Crippen LogP contribution in [0, 0.1) is 0 Å². The van der Waals surface area contributed by atoms with E-state index >= 15 is 0 Å². The van der Waals surface area contributed by atoms with E-state index < -0.39 is 5.38 Å². The molecular formula is C13H11ClN2O. The van der Waals surface area contributed by atoms with Gasteiger partial charge in [-0.1, -0.05) is 12.1 Å². The lowest BCUT2D eigenvalue weighted by molar-refractivity contribution is 0.0981. The van der Waals surface area contributed by atoms with Crippen LogP contribution in [0.2, 0.25) is 0 Å². The number of hydrogen-bond acceptors (Lipinski definition) is 3. The second-order valence-electron chi connectivity index (χ2n) is 3.57. The monoisotopic (exact) mass is 246 g/mol. The summed E-state index contributed by atoms with van der Waals surface area (Å²) in [5, 5.41) is -0.625. The molecule has 0 aliphatic carbocycles. The molecule has 0 aromatic carbocycles. The fraction of sp³-hybridized carbons (Fsp3) is 0.154. The zero-order valence-electron chi connectivity index (χ0n) is 9.08. The van der Waals surface area contributed by atoms with Crippen molar-refractivity contribution in [1.82, 2.24) is 9.97 Å². The lowest BCUT2D eigenvalue weighted by Gasteiger charge is -2.07. The highest BCUT2D eigenvalue weighted by Crippen LogP contribution is 2.11. The van der Waals surface area contributed by atoms with Gasteiger partial charge in [0.2, 0.25) is 0 Å². The number of carbonyl (C=O) groups excluding carboxylic acids is 1. The van der Waals surface area contributed by atoms with Gasteiger partial charge in [-0.05, 0) is 24.3 Å². The molecule has 0 aliphatic heterocycles. The number of carbonyl (C=O) groups is 1. The average molecular weight is 247 g/mol. The van der Waals surface area contributed by atoms with E-state index in [2.05, 4.69) is 9.97 Å². The summed E-state index contributed by atoms with van der Waals surface area (Å²) in [6.45, 7) is 0. The van der Waals surface area contributed by atoms with E-state index in [9.17, 15) is 4.79 Å². The van der Waals surface area contributed by atoms with Crippen molar-refractivity contribution < 1.29 is 4.79 Å². The highest BCUT2D eigenvalue weighted by molar-refractivity contribution is 6.33. The zero-order chi connectivity index (χ0) is 12.1. The SMILES string of the molecule is O=C(c1ccccn1)C(Cl)Cc1ccccn1. The number of pyridine rings is 2.